The van der Waals surface area contributed by atoms with Crippen molar-refractivity contribution >= 4 is 5.69 Å². The zero-order chi connectivity index (χ0) is 9.80. The molecule has 2 rings (SSSR count). The molecule has 14 heavy (non-hydrogen) atoms. The number of aromatic amines is 1. The van der Waals surface area contributed by atoms with Crippen LogP contribution in [-0.4, -0.2) is 12.0 Å². The lowest BCUT2D eigenvalue weighted by Gasteiger charge is -2.17. The smallest absolute Gasteiger partial charge is 0.0544 e. The van der Waals surface area contributed by atoms with E-state index < -0.39 is 0 Å². The van der Waals surface area contributed by atoms with Crippen LogP contribution in [0.25, 0.3) is 0 Å². The number of aromatic nitrogens is 1. The van der Waals surface area contributed by atoms with Gasteiger partial charge in [0, 0.05) is 26.0 Å². The van der Waals surface area contributed by atoms with Crippen molar-refractivity contribution in [3.05, 3.63) is 54.4 Å². The van der Waals surface area contributed by atoms with Crippen LogP contribution in [0.2, 0.25) is 0 Å². The van der Waals surface area contributed by atoms with Crippen LogP contribution < -0.4 is 4.90 Å². The molecule has 0 saturated heterocycles. The first-order chi connectivity index (χ1) is 6.86. The summed E-state index contributed by atoms with van der Waals surface area (Å²) in [5, 5.41) is 0. The van der Waals surface area contributed by atoms with E-state index in [-0.39, 0.29) is 0 Å². The van der Waals surface area contributed by atoms with Gasteiger partial charge in [-0.1, -0.05) is 30.3 Å². The molecule has 2 aromatic rings. The molecule has 0 atom stereocenters. The van der Waals surface area contributed by atoms with Gasteiger partial charge in [-0.2, -0.15) is 0 Å². The van der Waals surface area contributed by atoms with Crippen LogP contribution in [0.15, 0.2) is 48.8 Å². The molecule has 0 aliphatic carbocycles. The fourth-order valence-corrected chi connectivity index (χ4v) is 1.50. The number of hydrogen-bond donors (Lipinski definition) is 1. The largest absolute Gasteiger partial charge is 0.369 e. The number of H-pyrrole nitrogens is 1. The third-order valence-electron chi connectivity index (χ3n) is 2.28. The Morgan fingerprint density at radius 3 is 2.57 bits per heavy atom. The van der Waals surface area contributed by atoms with E-state index in [1.54, 1.807) is 0 Å². The molecule has 0 spiro atoms. The third-order valence-corrected chi connectivity index (χ3v) is 2.28. The van der Waals surface area contributed by atoms with Gasteiger partial charge in [0.15, 0.2) is 0 Å². The Hall–Kier alpha value is -1.70. The number of nitrogens with one attached hydrogen (secondary N) is 1. The van der Waals surface area contributed by atoms with Gasteiger partial charge < -0.3 is 9.88 Å². The number of hydrogen-bond acceptors (Lipinski definition) is 1. The zero-order valence-corrected chi connectivity index (χ0v) is 8.27. The maximum Gasteiger partial charge on any atom is 0.0544 e. The molecule has 2 heteroatoms. The SMILES string of the molecule is CN(Cc1ccccc1)c1cc[nH]c1. The van der Waals surface area contributed by atoms with E-state index in [1.807, 2.05) is 18.5 Å². The molecule has 0 aliphatic rings. The Morgan fingerprint density at radius 2 is 1.93 bits per heavy atom. The average Bonchev–Trinajstić information content (AvgIpc) is 2.72. The van der Waals surface area contributed by atoms with Crippen molar-refractivity contribution in [2.24, 2.45) is 0 Å². The normalized spacial score (nSPS) is 10.1. The summed E-state index contributed by atoms with van der Waals surface area (Å²) in [6, 6.07) is 12.5. The number of benzene rings is 1. The van der Waals surface area contributed by atoms with E-state index >= 15 is 0 Å². The molecule has 1 N–H and O–H groups in total. The van der Waals surface area contributed by atoms with Gasteiger partial charge >= 0.3 is 0 Å². The monoisotopic (exact) mass is 186 g/mol. The molecule has 0 bridgehead atoms. The summed E-state index contributed by atoms with van der Waals surface area (Å²) in [6.45, 7) is 0.943. The summed E-state index contributed by atoms with van der Waals surface area (Å²) in [6.07, 6.45) is 3.94. The number of anilines is 1. The molecule has 1 aromatic heterocycles. The van der Waals surface area contributed by atoms with Crippen molar-refractivity contribution in [2.45, 2.75) is 6.54 Å². The summed E-state index contributed by atoms with van der Waals surface area (Å²) in [7, 11) is 2.09. The molecule has 0 unspecified atom stereocenters. The highest BCUT2D eigenvalue weighted by atomic mass is 15.1. The molecule has 1 heterocycles. The Labute approximate surface area is 84.2 Å². The Morgan fingerprint density at radius 1 is 1.14 bits per heavy atom. The predicted molar refractivity (Wildman–Crippen MR) is 59.3 cm³/mol. The third kappa shape index (κ3) is 1.96. The van der Waals surface area contributed by atoms with Crippen molar-refractivity contribution < 1.29 is 0 Å². The van der Waals surface area contributed by atoms with E-state index in [4.69, 9.17) is 0 Å². The van der Waals surface area contributed by atoms with E-state index in [2.05, 4.69) is 47.3 Å². The molecule has 72 valence electrons. The molecule has 1 aromatic carbocycles. The fourth-order valence-electron chi connectivity index (χ4n) is 1.50. The van der Waals surface area contributed by atoms with Gasteiger partial charge in [-0.05, 0) is 11.6 Å². The quantitative estimate of drug-likeness (QED) is 0.780. The Balaban J connectivity index is 2.06. The van der Waals surface area contributed by atoms with Crippen LogP contribution in [-0.2, 0) is 6.54 Å². The van der Waals surface area contributed by atoms with E-state index in [1.165, 1.54) is 11.3 Å². The van der Waals surface area contributed by atoms with Crippen LogP contribution in [0.5, 0.6) is 0 Å². The maximum atomic E-state index is 3.05. The van der Waals surface area contributed by atoms with E-state index in [0.717, 1.165) is 6.54 Å². The molecule has 0 amide bonds. The second-order valence-corrected chi connectivity index (χ2v) is 3.41. The highest BCUT2D eigenvalue weighted by molar-refractivity contribution is 5.43. The van der Waals surface area contributed by atoms with Crippen molar-refractivity contribution in [3.63, 3.8) is 0 Å². The van der Waals surface area contributed by atoms with Crippen molar-refractivity contribution in [1.82, 2.24) is 4.98 Å². The minimum Gasteiger partial charge on any atom is -0.369 e. The molecule has 0 radical (unpaired) electrons. The first-order valence-corrected chi connectivity index (χ1v) is 4.74. The van der Waals surface area contributed by atoms with Gasteiger partial charge in [0.05, 0.1) is 5.69 Å². The Kier molecular flexibility index (Phi) is 2.54. The van der Waals surface area contributed by atoms with Crippen LogP contribution in [0, 0.1) is 0 Å². The van der Waals surface area contributed by atoms with Gasteiger partial charge in [-0.3, -0.25) is 0 Å². The average molecular weight is 186 g/mol. The second-order valence-electron chi connectivity index (χ2n) is 3.41. The topological polar surface area (TPSA) is 19.0 Å². The highest BCUT2D eigenvalue weighted by Crippen LogP contribution is 2.13. The standard InChI is InChI=1S/C12H14N2/c1-14(12-7-8-13-9-12)10-11-5-3-2-4-6-11/h2-9,13H,10H2,1H3. The molecular formula is C12H14N2. The van der Waals surface area contributed by atoms with Crippen LogP contribution in [0.1, 0.15) is 5.56 Å². The number of rotatable bonds is 3. The maximum absolute atomic E-state index is 3.05. The van der Waals surface area contributed by atoms with Gasteiger partial charge in [-0.25, -0.2) is 0 Å². The lowest BCUT2D eigenvalue weighted by Crippen LogP contribution is -2.15. The minimum atomic E-state index is 0.943. The lowest BCUT2D eigenvalue weighted by atomic mass is 10.2. The fraction of sp³-hybridized carbons (Fsp3) is 0.167. The minimum absolute atomic E-state index is 0.943. The lowest BCUT2D eigenvalue weighted by molar-refractivity contribution is 0.924. The molecule has 0 aliphatic heterocycles. The summed E-state index contributed by atoms with van der Waals surface area (Å²) in [5.41, 5.74) is 2.55. The first kappa shape index (κ1) is 8.88. The molecule has 0 saturated carbocycles. The molecule has 2 nitrogen and oxygen atoms in total. The van der Waals surface area contributed by atoms with Crippen molar-refractivity contribution in [2.75, 3.05) is 11.9 Å². The van der Waals surface area contributed by atoms with Crippen LogP contribution in [0.4, 0.5) is 5.69 Å². The van der Waals surface area contributed by atoms with Gasteiger partial charge in [-0.15, -0.1) is 0 Å². The number of nitrogens with zero attached hydrogens (tertiary/aromatic N) is 1. The predicted octanol–water partition coefficient (Wildman–Crippen LogP) is 2.65. The van der Waals surface area contributed by atoms with Gasteiger partial charge in [0.25, 0.3) is 0 Å². The summed E-state index contributed by atoms with van der Waals surface area (Å²) in [4.78, 5) is 5.27. The van der Waals surface area contributed by atoms with Crippen LogP contribution >= 0.6 is 0 Å². The van der Waals surface area contributed by atoms with Crippen molar-refractivity contribution in [1.29, 1.82) is 0 Å². The van der Waals surface area contributed by atoms with Crippen LogP contribution in [0.3, 0.4) is 0 Å². The van der Waals surface area contributed by atoms with Gasteiger partial charge in [0.2, 0.25) is 0 Å². The summed E-state index contributed by atoms with van der Waals surface area (Å²) >= 11 is 0. The first-order valence-electron chi connectivity index (χ1n) is 4.74. The van der Waals surface area contributed by atoms with E-state index in [9.17, 15) is 0 Å². The summed E-state index contributed by atoms with van der Waals surface area (Å²) in [5.74, 6) is 0. The second kappa shape index (κ2) is 4.01. The molecule has 0 fully saturated rings. The summed E-state index contributed by atoms with van der Waals surface area (Å²) < 4.78 is 0. The highest BCUT2D eigenvalue weighted by Gasteiger charge is 2.00. The van der Waals surface area contributed by atoms with E-state index in [0.29, 0.717) is 0 Å². The Bertz CT molecular complexity index is 364. The van der Waals surface area contributed by atoms with Crippen molar-refractivity contribution in [3.8, 4) is 0 Å². The van der Waals surface area contributed by atoms with Gasteiger partial charge in [0.1, 0.15) is 0 Å². The molecular weight excluding hydrogens is 172 g/mol. The zero-order valence-electron chi connectivity index (χ0n) is 8.27.